The van der Waals surface area contributed by atoms with Crippen LogP contribution in [-0.4, -0.2) is 0 Å². The van der Waals surface area contributed by atoms with Crippen LogP contribution in [0.15, 0.2) is 84.9 Å². The molecule has 0 amide bonds. The first kappa shape index (κ1) is 17.7. The maximum atomic E-state index is 2.36. The van der Waals surface area contributed by atoms with Crippen LogP contribution in [0.3, 0.4) is 0 Å². The van der Waals surface area contributed by atoms with Gasteiger partial charge in [-0.25, -0.2) is 0 Å². The maximum absolute atomic E-state index is 2.36. The predicted octanol–water partition coefficient (Wildman–Crippen LogP) is 8.01. The van der Waals surface area contributed by atoms with Gasteiger partial charge in [-0.2, -0.15) is 0 Å². The number of aryl methyl sites for hydroxylation is 2. The summed E-state index contributed by atoms with van der Waals surface area (Å²) in [4.78, 5) is 0. The van der Waals surface area contributed by atoms with Crippen molar-refractivity contribution >= 4 is 0 Å². The highest BCUT2D eigenvalue weighted by Gasteiger charge is 2.33. The van der Waals surface area contributed by atoms with Gasteiger partial charge in [-0.15, -0.1) is 0 Å². The van der Waals surface area contributed by atoms with Crippen LogP contribution >= 0.6 is 0 Å². The summed E-state index contributed by atoms with van der Waals surface area (Å²) in [7, 11) is 0. The van der Waals surface area contributed by atoms with E-state index in [1.807, 2.05) is 0 Å². The second-order valence-corrected chi connectivity index (χ2v) is 8.94. The van der Waals surface area contributed by atoms with Crippen LogP contribution in [0.2, 0.25) is 0 Å². The Balaban J connectivity index is 1.41. The Labute approximate surface area is 179 Å². The summed E-state index contributed by atoms with van der Waals surface area (Å²) < 4.78 is 0. The second-order valence-electron chi connectivity index (χ2n) is 8.94. The van der Waals surface area contributed by atoms with Crippen molar-refractivity contribution in [3.63, 3.8) is 0 Å². The van der Waals surface area contributed by atoms with Crippen LogP contribution in [0.4, 0.5) is 0 Å². The van der Waals surface area contributed by atoms with Crippen molar-refractivity contribution < 1.29 is 0 Å². The number of hydrogen-bond donors (Lipinski definition) is 0. The SMILES string of the molecule is Cc1cccc2c1-c1c(C)cccc1C2CCC1c2ccccc2-c2ccccc21. The number of rotatable bonds is 3. The summed E-state index contributed by atoms with van der Waals surface area (Å²) in [6.07, 6.45) is 2.36. The quantitative estimate of drug-likeness (QED) is 0.334. The van der Waals surface area contributed by atoms with Gasteiger partial charge in [-0.1, -0.05) is 84.9 Å². The lowest BCUT2D eigenvalue weighted by Gasteiger charge is -2.19. The minimum absolute atomic E-state index is 0.495. The van der Waals surface area contributed by atoms with E-state index in [1.54, 1.807) is 0 Å². The van der Waals surface area contributed by atoms with E-state index in [0.29, 0.717) is 11.8 Å². The molecule has 6 rings (SSSR count). The zero-order valence-corrected chi connectivity index (χ0v) is 17.7. The molecule has 0 N–H and O–H groups in total. The average Bonchev–Trinajstić information content (AvgIpc) is 3.27. The molecule has 0 fully saturated rings. The lowest BCUT2D eigenvalue weighted by Crippen LogP contribution is -2.03. The lowest BCUT2D eigenvalue weighted by atomic mass is 9.85. The van der Waals surface area contributed by atoms with Gasteiger partial charge in [0.15, 0.2) is 0 Å². The molecular weight excluding hydrogens is 360 g/mol. The fourth-order valence-corrected chi connectivity index (χ4v) is 6.03. The molecule has 0 heterocycles. The molecule has 0 aromatic heterocycles. The van der Waals surface area contributed by atoms with Crippen LogP contribution in [0.1, 0.15) is 58.1 Å². The van der Waals surface area contributed by atoms with Gasteiger partial charge in [0.2, 0.25) is 0 Å². The monoisotopic (exact) mass is 386 g/mol. The van der Waals surface area contributed by atoms with Gasteiger partial charge in [0.05, 0.1) is 0 Å². The molecule has 0 unspecified atom stereocenters. The largest absolute Gasteiger partial charge is 0.0619 e. The van der Waals surface area contributed by atoms with E-state index in [2.05, 4.69) is 98.8 Å². The topological polar surface area (TPSA) is 0 Å². The van der Waals surface area contributed by atoms with Crippen LogP contribution in [-0.2, 0) is 0 Å². The third-order valence-electron chi connectivity index (χ3n) is 7.32. The molecule has 0 spiro atoms. The fraction of sp³-hybridized carbons (Fsp3) is 0.200. The van der Waals surface area contributed by atoms with Gasteiger partial charge in [-0.3, -0.25) is 0 Å². The summed E-state index contributed by atoms with van der Waals surface area (Å²) in [5.74, 6) is 0.995. The highest BCUT2D eigenvalue weighted by atomic mass is 14.4. The summed E-state index contributed by atoms with van der Waals surface area (Å²) >= 11 is 0. The van der Waals surface area contributed by atoms with E-state index >= 15 is 0 Å². The number of fused-ring (bicyclic) bond motifs is 6. The smallest absolute Gasteiger partial charge is 0.0102 e. The Hall–Kier alpha value is -3.12. The van der Waals surface area contributed by atoms with Gasteiger partial charge >= 0.3 is 0 Å². The van der Waals surface area contributed by atoms with E-state index in [1.165, 1.54) is 68.5 Å². The van der Waals surface area contributed by atoms with Gasteiger partial charge in [-0.05, 0) is 82.3 Å². The highest BCUT2D eigenvalue weighted by Crippen LogP contribution is 2.52. The molecule has 0 radical (unpaired) electrons. The zero-order valence-electron chi connectivity index (χ0n) is 17.7. The van der Waals surface area contributed by atoms with Crippen molar-refractivity contribution in [1.29, 1.82) is 0 Å². The lowest BCUT2D eigenvalue weighted by molar-refractivity contribution is 0.626. The van der Waals surface area contributed by atoms with Crippen molar-refractivity contribution in [3.8, 4) is 22.3 Å². The Morgan fingerprint density at radius 3 is 1.37 bits per heavy atom. The molecule has 0 bridgehead atoms. The third kappa shape index (κ3) is 2.46. The molecular formula is C30H26. The van der Waals surface area contributed by atoms with Gasteiger partial charge < -0.3 is 0 Å². The maximum Gasteiger partial charge on any atom is 0.0102 e. The van der Waals surface area contributed by atoms with Crippen LogP contribution in [0, 0.1) is 13.8 Å². The molecule has 0 nitrogen and oxygen atoms in total. The van der Waals surface area contributed by atoms with Gasteiger partial charge in [0.1, 0.15) is 0 Å². The van der Waals surface area contributed by atoms with Gasteiger partial charge in [0, 0.05) is 11.8 Å². The van der Waals surface area contributed by atoms with Crippen molar-refractivity contribution in [2.75, 3.05) is 0 Å². The third-order valence-corrected chi connectivity index (χ3v) is 7.32. The molecule has 0 atom stereocenters. The first-order valence-electron chi connectivity index (χ1n) is 11.1. The Bertz CT molecular complexity index is 1180. The van der Waals surface area contributed by atoms with E-state index < -0.39 is 0 Å². The van der Waals surface area contributed by atoms with E-state index in [-0.39, 0.29) is 0 Å². The number of benzene rings is 4. The Morgan fingerprint density at radius 2 is 0.867 bits per heavy atom. The fourth-order valence-electron chi connectivity index (χ4n) is 6.03. The molecule has 146 valence electrons. The Morgan fingerprint density at radius 1 is 0.467 bits per heavy atom. The summed E-state index contributed by atoms with van der Waals surface area (Å²) in [6.45, 7) is 4.53. The molecule has 0 saturated heterocycles. The van der Waals surface area contributed by atoms with E-state index in [0.717, 1.165) is 0 Å². The number of hydrogen-bond acceptors (Lipinski definition) is 0. The van der Waals surface area contributed by atoms with Crippen molar-refractivity contribution in [2.24, 2.45) is 0 Å². The molecule has 4 aromatic carbocycles. The van der Waals surface area contributed by atoms with Gasteiger partial charge in [0.25, 0.3) is 0 Å². The molecule has 0 saturated carbocycles. The van der Waals surface area contributed by atoms with Crippen molar-refractivity contribution in [3.05, 3.63) is 118 Å². The zero-order chi connectivity index (χ0) is 20.2. The summed E-state index contributed by atoms with van der Waals surface area (Å²) in [6, 6.07) is 31.7. The Kier molecular flexibility index (Phi) is 3.96. The normalized spacial score (nSPS) is 14.3. The van der Waals surface area contributed by atoms with Crippen molar-refractivity contribution in [1.82, 2.24) is 0 Å². The molecule has 0 aliphatic heterocycles. The molecule has 2 aliphatic rings. The standard InChI is InChI=1S/C30H26/c1-19-9-7-15-27-26(28-16-8-10-20(2)30(28)29(19)27)18-17-25-23-13-5-3-11-21(23)22-12-4-6-14-24(22)25/h3-16,25-26H,17-18H2,1-2H3. The first-order valence-corrected chi connectivity index (χ1v) is 11.1. The van der Waals surface area contributed by atoms with E-state index in [4.69, 9.17) is 0 Å². The predicted molar refractivity (Wildman–Crippen MR) is 126 cm³/mol. The molecule has 2 aliphatic carbocycles. The second kappa shape index (κ2) is 6.71. The first-order chi connectivity index (χ1) is 14.7. The highest BCUT2D eigenvalue weighted by molar-refractivity contribution is 5.83. The van der Waals surface area contributed by atoms with Crippen molar-refractivity contribution in [2.45, 2.75) is 38.5 Å². The summed E-state index contributed by atoms with van der Waals surface area (Å²) in [5, 5.41) is 0. The van der Waals surface area contributed by atoms with E-state index in [9.17, 15) is 0 Å². The minimum atomic E-state index is 0.495. The minimum Gasteiger partial charge on any atom is -0.0619 e. The molecule has 4 aromatic rings. The van der Waals surface area contributed by atoms with Crippen LogP contribution in [0.5, 0.6) is 0 Å². The average molecular weight is 387 g/mol. The van der Waals surface area contributed by atoms with Crippen LogP contribution in [0.25, 0.3) is 22.3 Å². The molecule has 0 heteroatoms. The van der Waals surface area contributed by atoms with Crippen LogP contribution < -0.4 is 0 Å². The summed E-state index contributed by atoms with van der Waals surface area (Å²) in [5.41, 5.74) is 14.7. The molecule has 30 heavy (non-hydrogen) atoms.